The first-order valence-electron chi connectivity index (χ1n) is 12.9. The van der Waals surface area contributed by atoms with Gasteiger partial charge in [0, 0.05) is 6.92 Å². The maximum atomic E-state index is 13.2. The van der Waals surface area contributed by atoms with Crippen LogP contribution in [-0.2, 0) is 28.7 Å². The Balaban J connectivity index is 2.90. The molecule has 1 heterocycles. The Kier molecular flexibility index (Phi) is 12.0. The highest BCUT2D eigenvalue weighted by molar-refractivity contribution is 5.98. The molecular weight excluding hydrogens is 464 g/mol. The number of ether oxygens (including phenoxy) is 1. The summed E-state index contributed by atoms with van der Waals surface area (Å²) in [5, 5.41) is 10.8. The highest BCUT2D eigenvalue weighted by Gasteiger charge is 2.50. The Bertz CT molecular complexity index is 806. The van der Waals surface area contributed by atoms with Gasteiger partial charge in [-0.3, -0.25) is 24.0 Å². The average Bonchev–Trinajstić information content (AvgIpc) is 3.48. The zero-order valence-electron chi connectivity index (χ0n) is 23.3. The molecular formula is C26H46N4O6. The molecule has 0 aromatic heterocycles. The molecule has 36 heavy (non-hydrogen) atoms. The Labute approximate surface area is 215 Å². The maximum absolute atomic E-state index is 13.2. The zero-order chi connectivity index (χ0) is 27.8. The van der Waals surface area contributed by atoms with Gasteiger partial charge in [-0.05, 0) is 50.9 Å². The normalized spacial score (nSPS) is 20.3. The van der Waals surface area contributed by atoms with Crippen molar-refractivity contribution >= 4 is 29.4 Å². The molecule has 1 aliphatic heterocycles. The van der Waals surface area contributed by atoms with E-state index in [2.05, 4.69) is 21.3 Å². The van der Waals surface area contributed by atoms with Crippen LogP contribution in [0.3, 0.4) is 0 Å². The fourth-order valence-corrected chi connectivity index (χ4v) is 3.92. The molecule has 1 aliphatic rings. The van der Waals surface area contributed by atoms with Crippen LogP contribution in [0.1, 0.15) is 81.6 Å². The summed E-state index contributed by atoms with van der Waals surface area (Å²) >= 11 is 0. The summed E-state index contributed by atoms with van der Waals surface area (Å²) in [5.74, 6) is -1.55. The van der Waals surface area contributed by atoms with Gasteiger partial charge >= 0.3 is 0 Å². The summed E-state index contributed by atoms with van der Waals surface area (Å²) in [7, 11) is 0. The largest absolute Gasteiger partial charge is 0.361 e. The van der Waals surface area contributed by atoms with Crippen molar-refractivity contribution in [2.75, 3.05) is 6.61 Å². The third-order valence-corrected chi connectivity index (χ3v) is 5.93. The second kappa shape index (κ2) is 13.7. The lowest BCUT2D eigenvalue weighted by atomic mass is 9.92. The van der Waals surface area contributed by atoms with Crippen LogP contribution in [0.4, 0.5) is 0 Å². The number of epoxide rings is 1. The Morgan fingerprint density at radius 2 is 1.06 bits per heavy atom. The van der Waals surface area contributed by atoms with E-state index in [1.54, 1.807) is 6.92 Å². The van der Waals surface area contributed by atoms with E-state index in [4.69, 9.17) is 4.74 Å². The Morgan fingerprint density at radius 1 is 0.667 bits per heavy atom. The van der Waals surface area contributed by atoms with Gasteiger partial charge in [-0.25, -0.2) is 0 Å². The predicted molar refractivity (Wildman–Crippen MR) is 137 cm³/mol. The third kappa shape index (κ3) is 10.6. The highest BCUT2D eigenvalue weighted by Crippen LogP contribution is 2.29. The molecule has 1 rings (SSSR count). The fourth-order valence-electron chi connectivity index (χ4n) is 3.92. The van der Waals surface area contributed by atoms with Crippen molar-refractivity contribution in [3.05, 3.63) is 0 Å². The smallest absolute Gasteiger partial charge is 0.243 e. The Morgan fingerprint density at radius 3 is 1.47 bits per heavy atom. The summed E-state index contributed by atoms with van der Waals surface area (Å²) in [6.07, 6.45) is 1.24. The summed E-state index contributed by atoms with van der Waals surface area (Å²) in [5.41, 5.74) is -0.872. The predicted octanol–water partition coefficient (Wildman–Crippen LogP) is 1.46. The highest BCUT2D eigenvalue weighted by atomic mass is 16.6. The number of hydrogen-bond donors (Lipinski definition) is 4. The molecule has 0 aromatic rings. The third-order valence-electron chi connectivity index (χ3n) is 5.93. The van der Waals surface area contributed by atoms with E-state index in [-0.39, 0.29) is 29.4 Å². The lowest BCUT2D eigenvalue weighted by Crippen LogP contribution is -2.57. The number of rotatable bonds is 15. The van der Waals surface area contributed by atoms with E-state index in [1.165, 1.54) is 13.8 Å². The van der Waals surface area contributed by atoms with Gasteiger partial charge in [0.05, 0.1) is 12.6 Å². The van der Waals surface area contributed by atoms with Gasteiger partial charge in [-0.2, -0.15) is 0 Å². The van der Waals surface area contributed by atoms with E-state index in [0.29, 0.717) is 25.9 Å². The molecule has 206 valence electrons. The van der Waals surface area contributed by atoms with Crippen molar-refractivity contribution in [3.8, 4) is 0 Å². The van der Waals surface area contributed by atoms with Gasteiger partial charge in [-0.15, -0.1) is 0 Å². The molecule has 4 N–H and O–H groups in total. The first-order valence-corrected chi connectivity index (χ1v) is 12.9. The van der Waals surface area contributed by atoms with Crippen LogP contribution in [-0.4, -0.2) is 65.8 Å². The fraction of sp³-hybridized carbons (Fsp3) is 0.808. The minimum absolute atomic E-state index is 0.0877. The minimum Gasteiger partial charge on any atom is -0.361 e. The summed E-state index contributed by atoms with van der Waals surface area (Å²) in [6, 6.07) is -3.30. The van der Waals surface area contributed by atoms with Crippen LogP contribution in [0, 0.1) is 17.8 Å². The lowest BCUT2D eigenvalue weighted by Gasteiger charge is -2.27. The number of nitrogens with one attached hydrogen (secondary N) is 4. The van der Waals surface area contributed by atoms with Crippen LogP contribution in [0.2, 0.25) is 0 Å². The monoisotopic (exact) mass is 510 g/mol. The van der Waals surface area contributed by atoms with Gasteiger partial charge in [-0.1, -0.05) is 41.5 Å². The van der Waals surface area contributed by atoms with E-state index < -0.39 is 47.5 Å². The number of carbonyl (C=O) groups excluding carboxylic acids is 5. The molecule has 4 amide bonds. The Hall–Kier alpha value is -2.49. The molecule has 0 aromatic carbocycles. The molecule has 0 aliphatic carbocycles. The zero-order valence-corrected chi connectivity index (χ0v) is 23.3. The number of ketones is 1. The second-order valence-corrected chi connectivity index (χ2v) is 11.4. The quantitative estimate of drug-likeness (QED) is 0.245. The van der Waals surface area contributed by atoms with E-state index in [9.17, 15) is 24.0 Å². The van der Waals surface area contributed by atoms with Crippen molar-refractivity contribution in [2.45, 2.75) is 111 Å². The molecule has 0 unspecified atom stereocenters. The number of hydrogen-bond acceptors (Lipinski definition) is 6. The second-order valence-electron chi connectivity index (χ2n) is 11.4. The topological polar surface area (TPSA) is 146 Å². The molecule has 1 fully saturated rings. The van der Waals surface area contributed by atoms with E-state index in [0.717, 1.165) is 0 Å². The SMILES string of the molecule is CC(=O)N[C@@H](CC(C)C)C(=O)N[C@@H](C)C(=O)N[C@@H](CC(C)C)C(=O)N[C@@H](CC(C)C)C(=O)[C@@]1(C)CO1. The molecule has 0 radical (unpaired) electrons. The van der Waals surface area contributed by atoms with E-state index >= 15 is 0 Å². The van der Waals surface area contributed by atoms with Crippen LogP contribution < -0.4 is 21.3 Å². The average molecular weight is 511 g/mol. The number of amides is 4. The number of carbonyl (C=O) groups is 5. The van der Waals surface area contributed by atoms with Crippen LogP contribution in [0.15, 0.2) is 0 Å². The van der Waals surface area contributed by atoms with Crippen molar-refractivity contribution in [1.29, 1.82) is 0 Å². The van der Waals surface area contributed by atoms with Gasteiger partial charge in [0.2, 0.25) is 23.6 Å². The van der Waals surface area contributed by atoms with Gasteiger partial charge in [0.1, 0.15) is 23.7 Å². The van der Waals surface area contributed by atoms with Crippen molar-refractivity contribution < 1.29 is 28.7 Å². The maximum Gasteiger partial charge on any atom is 0.243 e. The summed E-state index contributed by atoms with van der Waals surface area (Å²) < 4.78 is 5.29. The number of Topliss-reactive ketones (excluding diaryl/α,β-unsaturated/α-hetero) is 1. The van der Waals surface area contributed by atoms with E-state index in [1.807, 2.05) is 41.5 Å². The molecule has 0 spiro atoms. The molecule has 10 nitrogen and oxygen atoms in total. The molecule has 5 atom stereocenters. The summed E-state index contributed by atoms with van der Waals surface area (Å²) in [6.45, 7) is 16.5. The standard InChI is InChI=1S/C26H46N4O6/c1-14(2)10-19(22(32)26(9)13-36-26)29-25(35)21(12-16(5)6)30-23(33)17(7)27-24(34)20(11-15(3)4)28-18(8)31/h14-17,19-21H,10-13H2,1-9H3,(H,27,34)(H,28,31)(H,29,35)(H,30,33)/t17-,19-,20-,21-,26+/m0/s1. The van der Waals surface area contributed by atoms with Crippen molar-refractivity contribution in [1.82, 2.24) is 21.3 Å². The van der Waals surface area contributed by atoms with Gasteiger partial charge < -0.3 is 26.0 Å². The van der Waals surface area contributed by atoms with Crippen LogP contribution >= 0.6 is 0 Å². The minimum atomic E-state index is -0.935. The first kappa shape index (κ1) is 31.5. The molecule has 1 saturated heterocycles. The van der Waals surface area contributed by atoms with Crippen LogP contribution in [0.25, 0.3) is 0 Å². The van der Waals surface area contributed by atoms with Gasteiger partial charge in [0.25, 0.3) is 0 Å². The van der Waals surface area contributed by atoms with Crippen molar-refractivity contribution in [3.63, 3.8) is 0 Å². The molecule has 0 bridgehead atoms. The summed E-state index contributed by atoms with van der Waals surface area (Å²) in [4.78, 5) is 63.3. The van der Waals surface area contributed by atoms with Crippen molar-refractivity contribution in [2.24, 2.45) is 17.8 Å². The molecule has 0 saturated carbocycles. The van der Waals surface area contributed by atoms with Crippen LogP contribution in [0.5, 0.6) is 0 Å². The first-order chi connectivity index (χ1) is 16.6. The van der Waals surface area contributed by atoms with Gasteiger partial charge in [0.15, 0.2) is 5.78 Å². The molecule has 10 heteroatoms. The lowest BCUT2D eigenvalue weighted by molar-refractivity contribution is -0.135.